The summed E-state index contributed by atoms with van der Waals surface area (Å²) in [6, 6.07) is 0.0559. The molecule has 0 aromatic rings. The third kappa shape index (κ3) is 4.01. The quantitative estimate of drug-likeness (QED) is 0.773. The summed E-state index contributed by atoms with van der Waals surface area (Å²) in [6.45, 7) is 4.68. The Morgan fingerprint density at radius 1 is 1.40 bits per heavy atom. The van der Waals surface area contributed by atoms with Crippen LogP contribution in [-0.4, -0.2) is 18.8 Å². The van der Waals surface area contributed by atoms with Gasteiger partial charge in [-0.15, -0.1) is 0 Å². The van der Waals surface area contributed by atoms with E-state index < -0.39 is 12.1 Å². The normalized spacial score (nSPS) is 30.2. The summed E-state index contributed by atoms with van der Waals surface area (Å²) in [5.41, 5.74) is 0. The molecular formula is C11H20F3N. The molecule has 3 unspecified atom stereocenters. The topological polar surface area (TPSA) is 12.0 Å². The third-order valence-electron chi connectivity index (χ3n) is 3.34. The van der Waals surface area contributed by atoms with Crippen LogP contribution in [0.15, 0.2) is 0 Å². The van der Waals surface area contributed by atoms with Crippen molar-refractivity contribution in [2.75, 3.05) is 6.54 Å². The molecule has 1 saturated heterocycles. The van der Waals surface area contributed by atoms with E-state index in [1.807, 2.05) is 0 Å². The molecule has 0 radical (unpaired) electrons. The Balaban J connectivity index is 2.42. The third-order valence-corrected chi connectivity index (χ3v) is 3.34. The molecule has 1 nitrogen and oxygen atoms in total. The van der Waals surface area contributed by atoms with Gasteiger partial charge in [-0.1, -0.05) is 20.3 Å². The highest BCUT2D eigenvalue weighted by atomic mass is 19.4. The lowest BCUT2D eigenvalue weighted by Gasteiger charge is -2.32. The van der Waals surface area contributed by atoms with E-state index in [9.17, 15) is 13.2 Å². The molecule has 0 bridgehead atoms. The van der Waals surface area contributed by atoms with E-state index in [1.165, 1.54) is 0 Å². The van der Waals surface area contributed by atoms with Crippen LogP contribution in [0.4, 0.5) is 13.2 Å². The van der Waals surface area contributed by atoms with Gasteiger partial charge in [-0.05, 0) is 31.7 Å². The predicted octanol–water partition coefficient (Wildman–Crippen LogP) is 3.35. The maximum atomic E-state index is 12.5. The van der Waals surface area contributed by atoms with Crippen molar-refractivity contribution in [2.24, 2.45) is 11.8 Å². The van der Waals surface area contributed by atoms with Crippen LogP contribution in [0.5, 0.6) is 0 Å². The van der Waals surface area contributed by atoms with Crippen molar-refractivity contribution in [3.8, 4) is 0 Å². The summed E-state index contributed by atoms with van der Waals surface area (Å²) in [5, 5.41) is 3.19. The lowest BCUT2D eigenvalue weighted by molar-refractivity contribution is -0.183. The Bertz CT molecular complexity index is 191. The maximum absolute atomic E-state index is 12.5. The Morgan fingerprint density at radius 2 is 2.07 bits per heavy atom. The highest BCUT2D eigenvalue weighted by Crippen LogP contribution is 2.35. The number of piperidine rings is 1. The lowest BCUT2D eigenvalue weighted by Crippen LogP contribution is -2.43. The Hall–Kier alpha value is -0.250. The molecule has 1 aliphatic heterocycles. The minimum Gasteiger partial charge on any atom is -0.314 e. The summed E-state index contributed by atoms with van der Waals surface area (Å²) in [4.78, 5) is 0. The van der Waals surface area contributed by atoms with Crippen molar-refractivity contribution < 1.29 is 13.2 Å². The summed E-state index contributed by atoms with van der Waals surface area (Å²) < 4.78 is 37.5. The van der Waals surface area contributed by atoms with Crippen molar-refractivity contribution in [2.45, 2.75) is 51.7 Å². The minimum atomic E-state index is -4.00. The second-order valence-corrected chi connectivity index (χ2v) is 4.66. The number of rotatable bonds is 3. The molecule has 0 aromatic carbocycles. The minimum absolute atomic E-state index is 0.0559. The number of halogens is 3. The highest BCUT2D eigenvalue weighted by molar-refractivity contribution is 4.82. The zero-order valence-electron chi connectivity index (χ0n) is 9.40. The van der Waals surface area contributed by atoms with Crippen LogP contribution in [0.3, 0.4) is 0 Å². The average Bonchev–Trinajstić information content (AvgIpc) is 2.17. The van der Waals surface area contributed by atoms with Crippen LogP contribution in [0.1, 0.15) is 39.5 Å². The summed E-state index contributed by atoms with van der Waals surface area (Å²) >= 11 is 0. The zero-order valence-corrected chi connectivity index (χ0v) is 9.40. The number of nitrogens with one attached hydrogen (secondary N) is 1. The van der Waals surface area contributed by atoms with Crippen molar-refractivity contribution in [3.05, 3.63) is 0 Å². The second kappa shape index (κ2) is 5.19. The Labute approximate surface area is 89.4 Å². The SMILES string of the molecule is CCC(C)CC1CC(C(F)(F)F)CCN1. The largest absolute Gasteiger partial charge is 0.391 e. The number of alkyl halides is 3. The summed E-state index contributed by atoms with van der Waals surface area (Å²) in [7, 11) is 0. The van der Waals surface area contributed by atoms with Gasteiger partial charge in [-0.2, -0.15) is 13.2 Å². The van der Waals surface area contributed by atoms with Crippen LogP contribution < -0.4 is 5.32 Å². The molecular weight excluding hydrogens is 203 g/mol. The highest BCUT2D eigenvalue weighted by Gasteiger charge is 2.42. The van der Waals surface area contributed by atoms with Crippen LogP contribution in [0.2, 0.25) is 0 Å². The first kappa shape index (κ1) is 12.8. The molecule has 0 aromatic heterocycles. The molecule has 1 fully saturated rings. The van der Waals surface area contributed by atoms with Crippen LogP contribution in [0.25, 0.3) is 0 Å². The van der Waals surface area contributed by atoms with Gasteiger partial charge in [0.05, 0.1) is 5.92 Å². The molecule has 0 saturated carbocycles. The summed E-state index contributed by atoms with van der Waals surface area (Å²) in [5.74, 6) is -0.581. The van der Waals surface area contributed by atoms with Crippen LogP contribution in [0, 0.1) is 11.8 Å². The van der Waals surface area contributed by atoms with Crippen LogP contribution >= 0.6 is 0 Å². The molecule has 90 valence electrons. The van der Waals surface area contributed by atoms with Crippen LogP contribution in [-0.2, 0) is 0 Å². The van der Waals surface area contributed by atoms with E-state index in [4.69, 9.17) is 0 Å². The molecule has 1 rings (SSSR count). The first-order valence-corrected chi connectivity index (χ1v) is 5.73. The predicted molar refractivity (Wildman–Crippen MR) is 54.6 cm³/mol. The van der Waals surface area contributed by atoms with E-state index in [1.54, 1.807) is 0 Å². The fourth-order valence-corrected chi connectivity index (χ4v) is 2.14. The van der Waals surface area contributed by atoms with Crippen molar-refractivity contribution in [3.63, 3.8) is 0 Å². The molecule has 0 amide bonds. The van der Waals surface area contributed by atoms with E-state index in [-0.39, 0.29) is 18.9 Å². The molecule has 1 heterocycles. The number of hydrogen-bond donors (Lipinski definition) is 1. The monoisotopic (exact) mass is 223 g/mol. The fourth-order valence-electron chi connectivity index (χ4n) is 2.14. The Kier molecular flexibility index (Phi) is 4.44. The molecule has 3 atom stereocenters. The van der Waals surface area contributed by atoms with Crippen molar-refractivity contribution in [1.82, 2.24) is 5.32 Å². The van der Waals surface area contributed by atoms with Crippen molar-refractivity contribution >= 4 is 0 Å². The van der Waals surface area contributed by atoms with Crippen molar-refractivity contribution in [1.29, 1.82) is 0 Å². The Morgan fingerprint density at radius 3 is 2.60 bits per heavy atom. The molecule has 1 N–H and O–H groups in total. The molecule has 15 heavy (non-hydrogen) atoms. The maximum Gasteiger partial charge on any atom is 0.391 e. The van der Waals surface area contributed by atoms with Gasteiger partial charge in [0, 0.05) is 6.04 Å². The fraction of sp³-hybridized carbons (Fsp3) is 1.00. The standard InChI is InChI=1S/C11H20F3N/c1-3-8(2)6-10-7-9(4-5-15-10)11(12,13)14/h8-10,15H,3-7H2,1-2H3. The zero-order chi connectivity index (χ0) is 11.5. The van der Waals surface area contributed by atoms with Gasteiger partial charge in [0.2, 0.25) is 0 Å². The van der Waals surface area contributed by atoms with Gasteiger partial charge < -0.3 is 5.32 Å². The van der Waals surface area contributed by atoms with E-state index >= 15 is 0 Å². The molecule has 0 aliphatic carbocycles. The second-order valence-electron chi connectivity index (χ2n) is 4.66. The molecule has 0 spiro atoms. The number of hydrogen-bond acceptors (Lipinski definition) is 1. The van der Waals surface area contributed by atoms with Gasteiger partial charge in [0.25, 0.3) is 0 Å². The summed E-state index contributed by atoms with van der Waals surface area (Å²) in [6.07, 6.45) is -1.61. The average molecular weight is 223 g/mol. The van der Waals surface area contributed by atoms with E-state index in [2.05, 4.69) is 19.2 Å². The van der Waals surface area contributed by atoms with Gasteiger partial charge in [0.1, 0.15) is 0 Å². The van der Waals surface area contributed by atoms with E-state index in [0.717, 1.165) is 12.8 Å². The first-order valence-electron chi connectivity index (χ1n) is 5.73. The molecule has 1 aliphatic rings. The molecule has 4 heteroatoms. The lowest BCUT2D eigenvalue weighted by atomic mass is 9.87. The van der Waals surface area contributed by atoms with Gasteiger partial charge >= 0.3 is 6.18 Å². The smallest absolute Gasteiger partial charge is 0.314 e. The van der Waals surface area contributed by atoms with Gasteiger partial charge in [-0.3, -0.25) is 0 Å². The first-order chi connectivity index (χ1) is 6.93. The van der Waals surface area contributed by atoms with Gasteiger partial charge in [0.15, 0.2) is 0 Å². The van der Waals surface area contributed by atoms with E-state index in [0.29, 0.717) is 12.5 Å². The van der Waals surface area contributed by atoms with Gasteiger partial charge in [-0.25, -0.2) is 0 Å².